The van der Waals surface area contributed by atoms with Crippen LogP contribution in [0.5, 0.6) is 0 Å². The Kier molecular flexibility index (Phi) is 4.50. The fourth-order valence-corrected chi connectivity index (χ4v) is 2.69. The molecule has 0 amide bonds. The quantitative estimate of drug-likeness (QED) is 0.782. The third kappa shape index (κ3) is 4.86. The van der Waals surface area contributed by atoms with Crippen LogP contribution in [0.4, 0.5) is 13.2 Å². The molecule has 1 aliphatic carbocycles. The van der Waals surface area contributed by atoms with Gasteiger partial charge in [0.25, 0.3) is 0 Å². The molecule has 0 spiro atoms. The van der Waals surface area contributed by atoms with E-state index in [4.69, 9.17) is 0 Å². The summed E-state index contributed by atoms with van der Waals surface area (Å²) in [7, 11) is 0. The lowest BCUT2D eigenvalue weighted by atomic mass is 9.67. The van der Waals surface area contributed by atoms with Crippen molar-refractivity contribution in [1.82, 2.24) is 0 Å². The molecule has 1 saturated carbocycles. The predicted octanol–water partition coefficient (Wildman–Crippen LogP) is 4.15. The van der Waals surface area contributed by atoms with Gasteiger partial charge in [-0.25, -0.2) is 0 Å². The maximum Gasteiger partial charge on any atom is 0.389 e. The molecule has 3 unspecified atom stereocenters. The second-order valence-corrected chi connectivity index (χ2v) is 6.36. The van der Waals surface area contributed by atoms with Crippen LogP contribution >= 0.6 is 0 Å². The average molecular weight is 252 g/mol. The molecule has 4 heteroatoms. The Bertz CT molecular complexity index is 242. The van der Waals surface area contributed by atoms with Gasteiger partial charge in [-0.1, -0.05) is 20.8 Å². The number of hydrogen-bond acceptors (Lipinski definition) is 1. The van der Waals surface area contributed by atoms with Gasteiger partial charge in [0.1, 0.15) is 0 Å². The van der Waals surface area contributed by atoms with Crippen LogP contribution in [0.2, 0.25) is 0 Å². The highest BCUT2D eigenvalue weighted by molar-refractivity contribution is 4.85. The molecule has 0 radical (unpaired) electrons. The van der Waals surface area contributed by atoms with Crippen molar-refractivity contribution in [3.8, 4) is 0 Å². The smallest absolute Gasteiger partial charge is 0.389 e. The number of aliphatic hydroxyl groups is 1. The summed E-state index contributed by atoms with van der Waals surface area (Å²) in [6.07, 6.45) is -3.06. The molecule has 0 saturated heterocycles. The van der Waals surface area contributed by atoms with Gasteiger partial charge in [0.15, 0.2) is 0 Å². The van der Waals surface area contributed by atoms with E-state index in [0.29, 0.717) is 12.3 Å². The first-order valence-corrected chi connectivity index (χ1v) is 6.34. The maximum absolute atomic E-state index is 12.2. The first kappa shape index (κ1) is 14.8. The van der Waals surface area contributed by atoms with Gasteiger partial charge in [0.05, 0.1) is 6.10 Å². The standard InChI is InChI=1S/C13H23F3O/c1-12(2,3)10-4-5-11(17)9(8-10)6-7-13(14,15)16/h9-11,17H,4-8H2,1-3H3. The monoisotopic (exact) mass is 252 g/mol. The van der Waals surface area contributed by atoms with Crippen LogP contribution in [0.1, 0.15) is 52.9 Å². The van der Waals surface area contributed by atoms with Crippen molar-refractivity contribution in [3.05, 3.63) is 0 Å². The summed E-state index contributed by atoms with van der Waals surface area (Å²) in [6.45, 7) is 6.36. The van der Waals surface area contributed by atoms with Gasteiger partial charge in [-0.2, -0.15) is 13.2 Å². The van der Waals surface area contributed by atoms with Crippen molar-refractivity contribution in [3.63, 3.8) is 0 Å². The Morgan fingerprint density at radius 2 is 1.71 bits per heavy atom. The lowest BCUT2D eigenvalue weighted by Gasteiger charge is -2.40. The minimum absolute atomic E-state index is 0.0667. The fraction of sp³-hybridized carbons (Fsp3) is 1.00. The molecule has 1 rings (SSSR count). The Morgan fingerprint density at radius 1 is 1.12 bits per heavy atom. The Balaban J connectivity index is 2.52. The highest BCUT2D eigenvalue weighted by Crippen LogP contribution is 2.42. The van der Waals surface area contributed by atoms with Crippen molar-refractivity contribution in [2.45, 2.75) is 65.2 Å². The van der Waals surface area contributed by atoms with E-state index >= 15 is 0 Å². The number of alkyl halides is 3. The molecule has 1 fully saturated rings. The molecule has 0 bridgehead atoms. The molecule has 0 aromatic rings. The molecule has 17 heavy (non-hydrogen) atoms. The minimum atomic E-state index is -4.10. The average Bonchev–Trinajstić information content (AvgIpc) is 2.13. The maximum atomic E-state index is 12.2. The SMILES string of the molecule is CC(C)(C)C1CCC(O)C(CCC(F)(F)F)C1. The Hall–Kier alpha value is -0.250. The van der Waals surface area contributed by atoms with E-state index in [2.05, 4.69) is 20.8 Å². The van der Waals surface area contributed by atoms with Crippen molar-refractivity contribution >= 4 is 0 Å². The summed E-state index contributed by atoms with van der Waals surface area (Å²) in [6, 6.07) is 0. The minimum Gasteiger partial charge on any atom is -0.393 e. The van der Waals surface area contributed by atoms with Crippen molar-refractivity contribution in [2.24, 2.45) is 17.3 Å². The number of rotatable bonds is 2. The van der Waals surface area contributed by atoms with Crippen LogP contribution in [0.3, 0.4) is 0 Å². The Morgan fingerprint density at radius 3 is 2.18 bits per heavy atom. The van der Waals surface area contributed by atoms with Gasteiger partial charge in [-0.05, 0) is 42.9 Å². The Labute approximate surface area is 101 Å². The van der Waals surface area contributed by atoms with Crippen LogP contribution < -0.4 is 0 Å². The zero-order chi connectivity index (χ0) is 13.3. The molecular formula is C13H23F3O. The molecule has 0 aromatic heterocycles. The molecule has 1 N–H and O–H groups in total. The zero-order valence-electron chi connectivity index (χ0n) is 10.8. The molecule has 3 atom stereocenters. The van der Waals surface area contributed by atoms with E-state index < -0.39 is 18.7 Å². The highest BCUT2D eigenvalue weighted by Gasteiger charge is 2.37. The summed E-state index contributed by atoms with van der Waals surface area (Å²) in [5.74, 6) is 0.235. The predicted molar refractivity (Wildman–Crippen MR) is 61.6 cm³/mol. The second kappa shape index (κ2) is 5.17. The van der Waals surface area contributed by atoms with Crippen LogP contribution in [-0.4, -0.2) is 17.4 Å². The van der Waals surface area contributed by atoms with Crippen molar-refractivity contribution in [2.75, 3.05) is 0 Å². The van der Waals surface area contributed by atoms with Gasteiger partial charge in [-0.3, -0.25) is 0 Å². The van der Waals surface area contributed by atoms with Crippen LogP contribution in [0.25, 0.3) is 0 Å². The third-order valence-electron chi connectivity index (χ3n) is 3.97. The van der Waals surface area contributed by atoms with Gasteiger partial charge < -0.3 is 5.11 Å². The molecule has 1 nitrogen and oxygen atoms in total. The van der Waals surface area contributed by atoms with Gasteiger partial charge in [0, 0.05) is 6.42 Å². The zero-order valence-corrected chi connectivity index (χ0v) is 10.8. The largest absolute Gasteiger partial charge is 0.393 e. The van der Waals surface area contributed by atoms with Crippen molar-refractivity contribution in [1.29, 1.82) is 0 Å². The first-order chi connectivity index (χ1) is 7.59. The lowest BCUT2D eigenvalue weighted by molar-refractivity contribution is -0.141. The van der Waals surface area contributed by atoms with E-state index in [1.165, 1.54) is 0 Å². The van der Waals surface area contributed by atoms with E-state index in [1.54, 1.807) is 0 Å². The summed E-state index contributed by atoms with van der Waals surface area (Å²) < 4.78 is 36.6. The fourth-order valence-electron chi connectivity index (χ4n) is 2.69. The normalized spacial score (nSPS) is 31.6. The van der Waals surface area contributed by atoms with E-state index in [-0.39, 0.29) is 17.8 Å². The first-order valence-electron chi connectivity index (χ1n) is 6.34. The molecule has 0 heterocycles. The summed E-state index contributed by atoms with van der Waals surface area (Å²) in [5.41, 5.74) is 0.122. The molecule has 102 valence electrons. The van der Waals surface area contributed by atoms with Crippen LogP contribution in [-0.2, 0) is 0 Å². The number of aliphatic hydroxyl groups excluding tert-OH is 1. The lowest BCUT2D eigenvalue weighted by Crippen LogP contribution is -2.35. The van der Waals surface area contributed by atoms with Gasteiger partial charge in [-0.15, -0.1) is 0 Å². The molecule has 0 aromatic carbocycles. The second-order valence-electron chi connectivity index (χ2n) is 6.36. The molecule has 0 aliphatic heterocycles. The van der Waals surface area contributed by atoms with E-state index in [1.807, 2.05) is 0 Å². The topological polar surface area (TPSA) is 20.2 Å². The van der Waals surface area contributed by atoms with Crippen LogP contribution in [0.15, 0.2) is 0 Å². The third-order valence-corrected chi connectivity index (χ3v) is 3.97. The number of hydrogen-bond donors (Lipinski definition) is 1. The van der Waals surface area contributed by atoms with Gasteiger partial charge >= 0.3 is 6.18 Å². The summed E-state index contributed by atoms with van der Waals surface area (Å²) in [4.78, 5) is 0. The molecule has 1 aliphatic rings. The summed E-state index contributed by atoms with van der Waals surface area (Å²) in [5, 5.41) is 9.78. The van der Waals surface area contributed by atoms with Gasteiger partial charge in [0.2, 0.25) is 0 Å². The van der Waals surface area contributed by atoms with E-state index in [9.17, 15) is 18.3 Å². The highest BCUT2D eigenvalue weighted by atomic mass is 19.4. The molecular weight excluding hydrogens is 229 g/mol. The van der Waals surface area contributed by atoms with E-state index in [0.717, 1.165) is 12.8 Å². The van der Waals surface area contributed by atoms with Crippen molar-refractivity contribution < 1.29 is 18.3 Å². The number of halogens is 3. The van der Waals surface area contributed by atoms with Crippen LogP contribution in [0, 0.1) is 17.3 Å². The summed E-state index contributed by atoms with van der Waals surface area (Å²) >= 11 is 0.